The molecule has 4 nitrogen and oxygen atoms in total. The molecule has 0 saturated carbocycles. The number of unbranched alkanes of at least 4 members (excludes halogenated alkanes) is 10. The molecule has 0 unspecified atom stereocenters. The van der Waals surface area contributed by atoms with Crippen molar-refractivity contribution in [2.45, 2.75) is 89.9 Å². The van der Waals surface area contributed by atoms with Gasteiger partial charge in [-0.25, -0.2) is 0 Å². The Hall–Kier alpha value is -2.80. The Labute approximate surface area is 219 Å². The van der Waals surface area contributed by atoms with Crippen molar-refractivity contribution in [3.8, 4) is 34.8 Å². The molecular formula is C32H46O4. The number of hydrogen-bond acceptors (Lipinski definition) is 4. The van der Waals surface area contributed by atoms with Gasteiger partial charge in [0.15, 0.2) is 0 Å². The number of benzene rings is 2. The molecule has 0 aliphatic rings. The lowest BCUT2D eigenvalue weighted by molar-refractivity contribution is 0.393. The standard InChI is InChI=1S/C32H46O4/c1-33-29-21-27(22-30(25-29)34-2)19-17-15-13-11-9-7-5-6-8-10-12-14-16-18-20-28-23-31(35-3)26-32(24-28)36-4/h21-26H,7-20H2,1-4H3. The lowest BCUT2D eigenvalue weighted by Gasteiger charge is -2.08. The molecule has 0 saturated heterocycles. The van der Waals surface area contributed by atoms with Crippen LogP contribution < -0.4 is 18.9 Å². The number of ether oxygens (including phenoxy) is 4. The SMILES string of the molecule is COc1cc(CCCCCCCC#CCCCCCCCc2cc(OC)cc(OC)c2)cc(OC)c1. The highest BCUT2D eigenvalue weighted by Crippen LogP contribution is 2.25. The molecule has 0 atom stereocenters. The second-order valence-electron chi connectivity index (χ2n) is 9.33. The zero-order valence-corrected chi connectivity index (χ0v) is 23.0. The molecule has 0 fully saturated rings. The van der Waals surface area contributed by atoms with E-state index in [1.165, 1.54) is 75.3 Å². The van der Waals surface area contributed by atoms with E-state index in [4.69, 9.17) is 18.9 Å². The van der Waals surface area contributed by atoms with Gasteiger partial charge in [-0.1, -0.05) is 38.5 Å². The van der Waals surface area contributed by atoms with Crippen LogP contribution in [0.5, 0.6) is 23.0 Å². The van der Waals surface area contributed by atoms with Crippen molar-refractivity contribution in [2.24, 2.45) is 0 Å². The molecule has 36 heavy (non-hydrogen) atoms. The van der Waals surface area contributed by atoms with Crippen LogP contribution in [0.3, 0.4) is 0 Å². The summed E-state index contributed by atoms with van der Waals surface area (Å²) in [7, 11) is 6.80. The monoisotopic (exact) mass is 494 g/mol. The van der Waals surface area contributed by atoms with Gasteiger partial charge in [0.05, 0.1) is 28.4 Å². The zero-order valence-electron chi connectivity index (χ0n) is 23.0. The van der Waals surface area contributed by atoms with Crippen molar-refractivity contribution in [3.63, 3.8) is 0 Å². The first-order chi connectivity index (χ1) is 17.7. The molecular weight excluding hydrogens is 448 g/mol. The number of methoxy groups -OCH3 is 4. The van der Waals surface area contributed by atoms with Gasteiger partial charge >= 0.3 is 0 Å². The van der Waals surface area contributed by atoms with Crippen LogP contribution in [0, 0.1) is 11.8 Å². The molecule has 0 radical (unpaired) electrons. The maximum atomic E-state index is 5.35. The molecule has 0 aliphatic heterocycles. The van der Waals surface area contributed by atoms with Crippen molar-refractivity contribution >= 4 is 0 Å². The first kappa shape index (κ1) is 29.4. The van der Waals surface area contributed by atoms with Crippen LogP contribution in [0.25, 0.3) is 0 Å². The number of aryl methyl sites for hydroxylation is 2. The molecule has 0 spiro atoms. The van der Waals surface area contributed by atoms with E-state index in [2.05, 4.69) is 36.1 Å². The molecule has 0 heterocycles. The third-order valence-corrected chi connectivity index (χ3v) is 6.48. The summed E-state index contributed by atoms with van der Waals surface area (Å²) in [6.45, 7) is 0. The number of rotatable bonds is 18. The van der Waals surface area contributed by atoms with Gasteiger partial charge in [0.25, 0.3) is 0 Å². The van der Waals surface area contributed by atoms with Gasteiger partial charge in [-0.2, -0.15) is 0 Å². The minimum Gasteiger partial charge on any atom is -0.497 e. The lowest BCUT2D eigenvalue weighted by atomic mass is 10.0. The highest BCUT2D eigenvalue weighted by molar-refractivity contribution is 5.39. The van der Waals surface area contributed by atoms with E-state index in [-0.39, 0.29) is 0 Å². The van der Waals surface area contributed by atoms with Crippen molar-refractivity contribution in [1.82, 2.24) is 0 Å². The van der Waals surface area contributed by atoms with Crippen LogP contribution in [0.15, 0.2) is 36.4 Å². The Morgan fingerprint density at radius 1 is 0.417 bits per heavy atom. The van der Waals surface area contributed by atoms with E-state index in [0.29, 0.717) is 0 Å². The maximum absolute atomic E-state index is 5.35. The first-order valence-electron chi connectivity index (χ1n) is 13.6. The van der Waals surface area contributed by atoms with E-state index in [9.17, 15) is 0 Å². The first-order valence-corrected chi connectivity index (χ1v) is 13.6. The normalized spacial score (nSPS) is 10.4. The summed E-state index contributed by atoms with van der Waals surface area (Å²) >= 11 is 0. The van der Waals surface area contributed by atoms with Crippen molar-refractivity contribution in [2.75, 3.05) is 28.4 Å². The van der Waals surface area contributed by atoms with Crippen LogP contribution in [-0.2, 0) is 12.8 Å². The topological polar surface area (TPSA) is 36.9 Å². The molecule has 0 amide bonds. The summed E-state index contributed by atoms with van der Waals surface area (Å²) in [4.78, 5) is 0. The van der Waals surface area contributed by atoms with Gasteiger partial charge in [-0.3, -0.25) is 0 Å². The van der Waals surface area contributed by atoms with Gasteiger partial charge < -0.3 is 18.9 Å². The molecule has 4 heteroatoms. The second kappa shape index (κ2) is 18.5. The quantitative estimate of drug-likeness (QED) is 0.155. The van der Waals surface area contributed by atoms with E-state index in [0.717, 1.165) is 48.7 Å². The molecule has 0 aliphatic carbocycles. The molecule has 0 aromatic heterocycles. The molecule has 2 rings (SSSR count). The van der Waals surface area contributed by atoms with Crippen LogP contribution >= 0.6 is 0 Å². The second-order valence-corrected chi connectivity index (χ2v) is 9.33. The van der Waals surface area contributed by atoms with Gasteiger partial charge in [0.2, 0.25) is 0 Å². The van der Waals surface area contributed by atoms with E-state index in [1.54, 1.807) is 28.4 Å². The van der Waals surface area contributed by atoms with Crippen LogP contribution in [0.4, 0.5) is 0 Å². The molecule has 0 N–H and O–H groups in total. The smallest absolute Gasteiger partial charge is 0.122 e. The van der Waals surface area contributed by atoms with Crippen molar-refractivity contribution in [1.29, 1.82) is 0 Å². The maximum Gasteiger partial charge on any atom is 0.122 e. The van der Waals surface area contributed by atoms with Crippen LogP contribution in [0.2, 0.25) is 0 Å². The Balaban J connectivity index is 1.42. The summed E-state index contributed by atoms with van der Waals surface area (Å²) < 4.78 is 21.4. The number of hydrogen-bond donors (Lipinski definition) is 0. The fourth-order valence-corrected chi connectivity index (χ4v) is 4.34. The zero-order chi connectivity index (χ0) is 25.8. The fraction of sp³-hybridized carbons (Fsp3) is 0.562. The summed E-state index contributed by atoms with van der Waals surface area (Å²) in [6, 6.07) is 12.3. The minimum absolute atomic E-state index is 0.869. The third kappa shape index (κ3) is 12.2. The Kier molecular flexibility index (Phi) is 15.1. The summed E-state index contributed by atoms with van der Waals surface area (Å²) in [5.74, 6) is 10.2. The molecule has 0 bridgehead atoms. The average Bonchev–Trinajstić information content (AvgIpc) is 2.92. The third-order valence-electron chi connectivity index (χ3n) is 6.48. The van der Waals surface area contributed by atoms with Crippen molar-refractivity contribution < 1.29 is 18.9 Å². The molecule has 2 aromatic rings. The highest BCUT2D eigenvalue weighted by Gasteiger charge is 2.03. The minimum atomic E-state index is 0.869. The predicted molar refractivity (Wildman–Crippen MR) is 150 cm³/mol. The van der Waals surface area contributed by atoms with Gasteiger partial charge in [-0.05, 0) is 73.9 Å². The summed E-state index contributed by atoms with van der Waals surface area (Å²) in [5, 5.41) is 0. The summed E-state index contributed by atoms with van der Waals surface area (Å²) in [6.07, 6.45) is 16.7. The molecule has 198 valence electrons. The summed E-state index contributed by atoms with van der Waals surface area (Å²) in [5.41, 5.74) is 2.57. The van der Waals surface area contributed by atoms with Gasteiger partial charge in [-0.15, -0.1) is 11.8 Å². The van der Waals surface area contributed by atoms with E-state index >= 15 is 0 Å². The largest absolute Gasteiger partial charge is 0.497 e. The fourth-order valence-electron chi connectivity index (χ4n) is 4.34. The Morgan fingerprint density at radius 2 is 0.722 bits per heavy atom. The predicted octanol–water partition coefficient (Wildman–Crippen LogP) is 8.19. The van der Waals surface area contributed by atoms with E-state index < -0.39 is 0 Å². The Bertz CT molecular complexity index is 807. The Morgan fingerprint density at radius 3 is 1.06 bits per heavy atom. The lowest BCUT2D eigenvalue weighted by Crippen LogP contribution is -1.92. The van der Waals surface area contributed by atoms with Crippen LogP contribution in [0.1, 0.15) is 88.2 Å². The van der Waals surface area contributed by atoms with E-state index in [1.807, 2.05) is 12.1 Å². The highest BCUT2D eigenvalue weighted by atomic mass is 16.5. The van der Waals surface area contributed by atoms with Gasteiger partial charge in [0.1, 0.15) is 23.0 Å². The van der Waals surface area contributed by atoms with Crippen LogP contribution in [-0.4, -0.2) is 28.4 Å². The molecule has 2 aromatic carbocycles. The average molecular weight is 495 g/mol. The van der Waals surface area contributed by atoms with Gasteiger partial charge in [0, 0.05) is 25.0 Å². The van der Waals surface area contributed by atoms with Crippen molar-refractivity contribution in [3.05, 3.63) is 47.5 Å².